The Morgan fingerprint density at radius 1 is 1.35 bits per heavy atom. The average molecular weight is 269 g/mol. The lowest BCUT2D eigenvalue weighted by Crippen LogP contribution is -2.45. The molecule has 3 nitrogen and oxygen atoms in total. The summed E-state index contributed by atoms with van der Waals surface area (Å²) >= 11 is 0. The van der Waals surface area contributed by atoms with Crippen molar-refractivity contribution in [2.45, 2.75) is 32.4 Å². The van der Waals surface area contributed by atoms with Crippen LogP contribution in [0.4, 0.5) is 0 Å². The van der Waals surface area contributed by atoms with Gasteiger partial charge in [0.2, 0.25) is 0 Å². The molecule has 1 aliphatic heterocycles. The Morgan fingerprint density at radius 2 is 2.20 bits per heavy atom. The molecule has 2 atom stereocenters. The third-order valence-corrected chi connectivity index (χ3v) is 4.40. The van der Waals surface area contributed by atoms with Gasteiger partial charge < -0.3 is 5.73 Å². The molecule has 2 unspecified atom stereocenters. The van der Waals surface area contributed by atoms with Crippen molar-refractivity contribution in [1.29, 1.82) is 0 Å². The van der Waals surface area contributed by atoms with E-state index in [2.05, 4.69) is 41.1 Å². The van der Waals surface area contributed by atoms with Crippen LogP contribution in [0, 0.1) is 5.92 Å². The fourth-order valence-electron chi connectivity index (χ4n) is 3.19. The number of nitrogens with two attached hydrogens (primary N) is 1. The third-order valence-electron chi connectivity index (χ3n) is 4.40. The van der Waals surface area contributed by atoms with Gasteiger partial charge in [-0.2, -0.15) is 0 Å². The zero-order valence-corrected chi connectivity index (χ0v) is 12.1. The van der Waals surface area contributed by atoms with Gasteiger partial charge in [-0.25, -0.2) is 0 Å². The monoisotopic (exact) mass is 269 g/mol. The van der Waals surface area contributed by atoms with Gasteiger partial charge in [-0.15, -0.1) is 0 Å². The molecule has 0 aliphatic carbocycles. The summed E-state index contributed by atoms with van der Waals surface area (Å²) < 4.78 is 0. The fraction of sp³-hybridized carbons (Fsp3) is 0.471. The first-order chi connectivity index (χ1) is 9.76. The van der Waals surface area contributed by atoms with Gasteiger partial charge in [0, 0.05) is 30.7 Å². The number of fused-ring (bicyclic) bond motifs is 1. The van der Waals surface area contributed by atoms with Gasteiger partial charge in [0.25, 0.3) is 0 Å². The number of para-hydroxylation sites is 1. The topological polar surface area (TPSA) is 42.2 Å². The number of piperidine rings is 1. The Kier molecular flexibility index (Phi) is 3.99. The Bertz CT molecular complexity index is 581. The lowest BCUT2D eigenvalue weighted by molar-refractivity contribution is 0.115. The Labute approximate surface area is 120 Å². The van der Waals surface area contributed by atoms with Crippen molar-refractivity contribution in [2.75, 3.05) is 13.1 Å². The smallest absolute Gasteiger partial charge is 0.0702 e. The van der Waals surface area contributed by atoms with E-state index in [-0.39, 0.29) is 0 Å². The molecule has 2 aromatic rings. The second kappa shape index (κ2) is 5.90. The summed E-state index contributed by atoms with van der Waals surface area (Å²) in [5.74, 6) is 0.800. The predicted molar refractivity (Wildman–Crippen MR) is 83.4 cm³/mol. The molecule has 1 fully saturated rings. The molecule has 1 saturated heterocycles. The maximum Gasteiger partial charge on any atom is 0.0702 e. The molecule has 1 aromatic heterocycles. The quantitative estimate of drug-likeness (QED) is 0.931. The van der Waals surface area contributed by atoms with Crippen molar-refractivity contribution in [1.82, 2.24) is 9.88 Å². The lowest BCUT2D eigenvalue weighted by Gasteiger charge is -2.38. The molecular formula is C17H23N3. The molecule has 1 aromatic carbocycles. The SMILES string of the molecule is CC1CCN(Cc2cnc3ccccc3c2)C(CN)C1. The maximum absolute atomic E-state index is 5.94. The zero-order chi connectivity index (χ0) is 13.9. The number of likely N-dealkylation sites (tertiary alicyclic amines) is 1. The molecule has 0 bridgehead atoms. The molecule has 0 spiro atoms. The standard InChI is InChI=1S/C17H23N3/c1-13-6-7-20(16(8-13)10-18)12-14-9-15-4-2-3-5-17(15)19-11-14/h2-5,9,11,13,16H,6-8,10,12,18H2,1H3. The van der Waals surface area contributed by atoms with Crippen molar-refractivity contribution in [3.8, 4) is 0 Å². The number of aromatic nitrogens is 1. The van der Waals surface area contributed by atoms with Crippen LogP contribution in [0.15, 0.2) is 36.5 Å². The molecular weight excluding hydrogens is 246 g/mol. The number of rotatable bonds is 3. The van der Waals surface area contributed by atoms with Crippen molar-refractivity contribution in [3.63, 3.8) is 0 Å². The van der Waals surface area contributed by atoms with Crippen LogP contribution in [0.1, 0.15) is 25.3 Å². The number of nitrogens with zero attached hydrogens (tertiary/aromatic N) is 2. The second-order valence-electron chi connectivity index (χ2n) is 6.03. The maximum atomic E-state index is 5.94. The largest absolute Gasteiger partial charge is 0.329 e. The summed E-state index contributed by atoms with van der Waals surface area (Å²) in [5.41, 5.74) is 8.30. The fourth-order valence-corrected chi connectivity index (χ4v) is 3.19. The lowest BCUT2D eigenvalue weighted by atomic mass is 9.92. The first-order valence-corrected chi connectivity index (χ1v) is 7.54. The summed E-state index contributed by atoms with van der Waals surface area (Å²) in [4.78, 5) is 7.07. The van der Waals surface area contributed by atoms with E-state index < -0.39 is 0 Å². The van der Waals surface area contributed by atoms with E-state index in [1.54, 1.807) is 0 Å². The van der Waals surface area contributed by atoms with Crippen LogP contribution in [0.2, 0.25) is 0 Å². The molecule has 3 rings (SSSR count). The summed E-state index contributed by atoms with van der Waals surface area (Å²) in [7, 11) is 0. The molecule has 0 radical (unpaired) electrons. The molecule has 20 heavy (non-hydrogen) atoms. The first kappa shape index (κ1) is 13.5. The average Bonchev–Trinajstić information content (AvgIpc) is 2.49. The molecule has 106 valence electrons. The summed E-state index contributed by atoms with van der Waals surface area (Å²) in [6, 6.07) is 11.1. The minimum atomic E-state index is 0.519. The van der Waals surface area contributed by atoms with Crippen LogP contribution >= 0.6 is 0 Å². The molecule has 0 amide bonds. The molecule has 1 aliphatic rings. The summed E-state index contributed by atoms with van der Waals surface area (Å²) in [6.07, 6.45) is 4.50. The summed E-state index contributed by atoms with van der Waals surface area (Å²) in [5, 5.41) is 1.22. The van der Waals surface area contributed by atoms with Crippen molar-refractivity contribution >= 4 is 10.9 Å². The van der Waals surface area contributed by atoms with Crippen molar-refractivity contribution < 1.29 is 0 Å². The Hall–Kier alpha value is -1.45. The number of benzene rings is 1. The van der Waals surface area contributed by atoms with Crippen LogP contribution < -0.4 is 5.73 Å². The van der Waals surface area contributed by atoms with Gasteiger partial charge >= 0.3 is 0 Å². The van der Waals surface area contributed by atoms with Crippen LogP contribution in [-0.4, -0.2) is 29.0 Å². The minimum Gasteiger partial charge on any atom is -0.329 e. The number of hydrogen-bond acceptors (Lipinski definition) is 3. The highest BCUT2D eigenvalue weighted by Gasteiger charge is 2.25. The third kappa shape index (κ3) is 2.84. The second-order valence-corrected chi connectivity index (χ2v) is 6.03. The molecule has 2 N–H and O–H groups in total. The van der Waals surface area contributed by atoms with Gasteiger partial charge in [0.05, 0.1) is 5.52 Å². The van der Waals surface area contributed by atoms with E-state index >= 15 is 0 Å². The van der Waals surface area contributed by atoms with Gasteiger partial charge in [-0.3, -0.25) is 9.88 Å². The van der Waals surface area contributed by atoms with Crippen LogP contribution in [-0.2, 0) is 6.54 Å². The van der Waals surface area contributed by atoms with Crippen molar-refractivity contribution in [2.24, 2.45) is 11.7 Å². The highest BCUT2D eigenvalue weighted by Crippen LogP contribution is 2.24. The van der Waals surface area contributed by atoms with Crippen LogP contribution in [0.5, 0.6) is 0 Å². The van der Waals surface area contributed by atoms with Gasteiger partial charge in [-0.05, 0) is 43.0 Å². The Morgan fingerprint density at radius 3 is 3.05 bits per heavy atom. The Balaban J connectivity index is 1.78. The minimum absolute atomic E-state index is 0.519. The predicted octanol–water partition coefficient (Wildman–Crippen LogP) is 2.79. The number of pyridine rings is 1. The molecule has 2 heterocycles. The molecule has 0 saturated carbocycles. The highest BCUT2D eigenvalue weighted by atomic mass is 15.2. The normalized spacial score (nSPS) is 24.1. The van der Waals surface area contributed by atoms with Crippen molar-refractivity contribution in [3.05, 3.63) is 42.1 Å². The van der Waals surface area contributed by atoms with Crippen LogP contribution in [0.3, 0.4) is 0 Å². The van der Waals surface area contributed by atoms with Gasteiger partial charge in [0.15, 0.2) is 0 Å². The van der Waals surface area contributed by atoms with E-state index in [0.29, 0.717) is 6.04 Å². The molecule has 3 heteroatoms. The highest BCUT2D eigenvalue weighted by molar-refractivity contribution is 5.78. The first-order valence-electron chi connectivity index (χ1n) is 7.54. The van der Waals surface area contributed by atoms with Crippen LogP contribution in [0.25, 0.3) is 10.9 Å². The summed E-state index contributed by atoms with van der Waals surface area (Å²) in [6.45, 7) is 5.20. The van der Waals surface area contributed by atoms with Gasteiger partial charge in [0.1, 0.15) is 0 Å². The van der Waals surface area contributed by atoms with E-state index in [9.17, 15) is 0 Å². The van der Waals surface area contributed by atoms with E-state index in [4.69, 9.17) is 5.73 Å². The van der Waals surface area contributed by atoms with E-state index in [1.807, 2.05) is 12.3 Å². The zero-order valence-electron chi connectivity index (χ0n) is 12.1. The van der Waals surface area contributed by atoms with Gasteiger partial charge in [-0.1, -0.05) is 25.1 Å². The van der Waals surface area contributed by atoms with E-state index in [0.717, 1.165) is 31.1 Å². The number of hydrogen-bond donors (Lipinski definition) is 1. The van der Waals surface area contributed by atoms with E-state index in [1.165, 1.54) is 23.8 Å².